The summed E-state index contributed by atoms with van der Waals surface area (Å²) in [6.45, 7) is 0.272. The van der Waals surface area contributed by atoms with Gasteiger partial charge in [0.2, 0.25) is 0 Å². The molecular weight excluding hydrogens is 406 g/mol. The molecule has 0 fully saturated rings. The Balaban J connectivity index is 2.17. The van der Waals surface area contributed by atoms with E-state index < -0.39 is 0 Å². The number of rotatable bonds is 2. The van der Waals surface area contributed by atoms with Crippen LogP contribution in [0.25, 0.3) is 0 Å². The minimum absolute atomic E-state index is 0.227. The number of carbonyl (C=O) groups excluding carboxylic acids is 1. The summed E-state index contributed by atoms with van der Waals surface area (Å²) in [5, 5.41) is 2.74. The molecule has 2 rings (SSSR count). The number of thiophene rings is 1. The van der Waals surface area contributed by atoms with E-state index in [0.29, 0.717) is 17.1 Å². The third-order valence-electron chi connectivity index (χ3n) is 2.21. The number of anilines is 1. The number of halogens is 2. The lowest BCUT2D eigenvalue weighted by Crippen LogP contribution is -2.12. The summed E-state index contributed by atoms with van der Waals surface area (Å²) in [5.41, 5.74) is 6.44. The summed E-state index contributed by atoms with van der Waals surface area (Å²) in [6.07, 6.45) is 0. The molecule has 3 N–H and O–H groups in total. The summed E-state index contributed by atoms with van der Waals surface area (Å²) < 4.78 is 1.64. The smallest absolute Gasteiger partial charge is 0.258 e. The first-order valence-corrected chi connectivity index (χ1v) is 7.92. The number of pyridine rings is 1. The molecule has 0 bridgehead atoms. The summed E-state index contributed by atoms with van der Waals surface area (Å²) in [7, 11) is 0. The van der Waals surface area contributed by atoms with Crippen molar-refractivity contribution in [2.24, 2.45) is 5.73 Å². The van der Waals surface area contributed by atoms with E-state index in [1.54, 1.807) is 24.3 Å². The number of nitrogens with zero attached hydrogens (tertiary/aromatic N) is 1. The minimum atomic E-state index is -0.227. The second kappa shape index (κ2) is 6.99. The predicted molar refractivity (Wildman–Crippen MR) is 87.8 cm³/mol. The molecule has 1 amide bonds. The number of amides is 1. The quantitative estimate of drug-likeness (QED) is 0.741. The van der Waals surface area contributed by atoms with Crippen LogP contribution in [0, 0.1) is 11.8 Å². The zero-order valence-corrected chi connectivity index (χ0v) is 14.1. The van der Waals surface area contributed by atoms with E-state index >= 15 is 0 Å². The van der Waals surface area contributed by atoms with E-state index in [1.165, 1.54) is 11.3 Å². The third-order valence-corrected chi connectivity index (χ3v) is 4.55. The minimum Gasteiger partial charge on any atom is -0.320 e. The first-order valence-electron chi connectivity index (χ1n) is 5.52. The maximum Gasteiger partial charge on any atom is 0.258 e. The Morgan fingerprint density at radius 2 is 2.25 bits per heavy atom. The molecule has 20 heavy (non-hydrogen) atoms. The third kappa shape index (κ3) is 3.90. The van der Waals surface area contributed by atoms with E-state index in [0.717, 1.165) is 7.57 Å². The van der Waals surface area contributed by atoms with Gasteiger partial charge in [-0.05, 0) is 56.0 Å². The van der Waals surface area contributed by atoms with Crippen LogP contribution in [0.5, 0.6) is 0 Å². The van der Waals surface area contributed by atoms with Gasteiger partial charge in [-0.2, -0.15) is 0 Å². The van der Waals surface area contributed by atoms with Crippen molar-refractivity contribution in [2.75, 3.05) is 11.9 Å². The fraction of sp³-hybridized carbons (Fsp3) is 0.0769. The van der Waals surface area contributed by atoms with E-state index in [4.69, 9.17) is 5.73 Å². The van der Waals surface area contributed by atoms with E-state index in [-0.39, 0.29) is 12.5 Å². The van der Waals surface area contributed by atoms with Crippen LogP contribution in [-0.4, -0.2) is 17.4 Å². The molecule has 2 aromatic heterocycles. The van der Waals surface area contributed by atoms with E-state index in [9.17, 15) is 4.79 Å². The normalized spacial score (nSPS) is 9.75. The number of carbonyl (C=O) groups is 1. The Morgan fingerprint density at radius 3 is 2.90 bits per heavy atom. The van der Waals surface area contributed by atoms with Crippen LogP contribution in [0.4, 0.5) is 5.82 Å². The van der Waals surface area contributed by atoms with Crippen molar-refractivity contribution in [3.8, 4) is 11.8 Å². The summed E-state index contributed by atoms with van der Waals surface area (Å²) >= 11 is 8.13. The number of aromatic nitrogens is 1. The fourth-order valence-electron chi connectivity index (χ4n) is 1.39. The molecule has 0 aliphatic rings. The first-order chi connectivity index (χ1) is 9.60. The van der Waals surface area contributed by atoms with E-state index in [1.807, 2.05) is 0 Å². The number of nitrogens with two attached hydrogens (primary N) is 1. The maximum absolute atomic E-state index is 12.1. The van der Waals surface area contributed by atoms with Crippen LogP contribution in [0.1, 0.15) is 16.1 Å². The van der Waals surface area contributed by atoms with Crippen LogP contribution >= 0.6 is 43.2 Å². The van der Waals surface area contributed by atoms with Crippen molar-refractivity contribution in [3.63, 3.8) is 0 Å². The Kier molecular flexibility index (Phi) is 5.31. The van der Waals surface area contributed by atoms with Crippen LogP contribution in [0.3, 0.4) is 0 Å². The molecule has 0 saturated carbocycles. The lowest BCUT2D eigenvalue weighted by Gasteiger charge is -2.03. The highest BCUT2D eigenvalue weighted by Crippen LogP contribution is 2.32. The number of hydrogen-bond donors (Lipinski definition) is 2. The number of nitrogens with one attached hydrogen (secondary N) is 1. The molecule has 0 radical (unpaired) electrons. The van der Waals surface area contributed by atoms with Gasteiger partial charge >= 0.3 is 0 Å². The highest BCUT2D eigenvalue weighted by Gasteiger charge is 2.14. The average molecular weight is 415 g/mol. The monoisotopic (exact) mass is 413 g/mol. The van der Waals surface area contributed by atoms with Gasteiger partial charge in [0.25, 0.3) is 5.91 Å². The van der Waals surface area contributed by atoms with Gasteiger partial charge in [0.15, 0.2) is 0 Å². The Bertz CT molecular complexity index is 703. The van der Waals surface area contributed by atoms with Crippen molar-refractivity contribution in [2.45, 2.75) is 0 Å². The second-order valence-electron chi connectivity index (χ2n) is 3.61. The number of hydrogen-bond acceptors (Lipinski definition) is 4. The summed E-state index contributed by atoms with van der Waals surface area (Å²) in [6, 6.07) is 7.00. The van der Waals surface area contributed by atoms with Gasteiger partial charge in [0, 0.05) is 0 Å². The fourth-order valence-corrected chi connectivity index (χ4v) is 4.19. The first kappa shape index (κ1) is 15.2. The summed E-state index contributed by atoms with van der Waals surface area (Å²) in [4.78, 5) is 16.3. The molecule has 0 atom stereocenters. The molecule has 0 aliphatic heterocycles. The molecule has 2 heterocycles. The highest BCUT2D eigenvalue weighted by molar-refractivity contribution is 9.12. The molecule has 0 spiro atoms. The Labute approximate surface area is 137 Å². The van der Waals surface area contributed by atoms with Gasteiger partial charge in [0.05, 0.1) is 19.7 Å². The van der Waals surface area contributed by atoms with Crippen LogP contribution in [0.15, 0.2) is 31.8 Å². The average Bonchev–Trinajstić information content (AvgIpc) is 2.76. The lowest BCUT2D eigenvalue weighted by atomic mass is 10.3. The van der Waals surface area contributed by atoms with Gasteiger partial charge in [0.1, 0.15) is 11.5 Å². The van der Waals surface area contributed by atoms with Gasteiger partial charge in [-0.1, -0.05) is 12.0 Å². The zero-order valence-electron chi connectivity index (χ0n) is 10.1. The highest BCUT2D eigenvalue weighted by atomic mass is 79.9. The summed E-state index contributed by atoms with van der Waals surface area (Å²) in [5.74, 6) is 5.77. The van der Waals surface area contributed by atoms with E-state index in [2.05, 4.69) is 54.0 Å². The maximum atomic E-state index is 12.1. The lowest BCUT2D eigenvalue weighted by molar-refractivity contribution is 0.102. The van der Waals surface area contributed by atoms with Gasteiger partial charge in [-0.25, -0.2) is 4.98 Å². The molecule has 0 unspecified atom stereocenters. The van der Waals surface area contributed by atoms with Crippen molar-refractivity contribution >= 4 is 54.9 Å². The molecule has 0 aromatic carbocycles. The van der Waals surface area contributed by atoms with Gasteiger partial charge in [-0.3, -0.25) is 4.79 Å². The molecule has 0 saturated heterocycles. The standard InChI is InChI=1S/C13H9Br2N3OS/c14-10-7-9(12(15)20-10)13(19)18-11-5-1-3-8(17-11)4-2-6-16/h1,3,5,7H,6,16H2,(H,17,18,19). The molecule has 4 nitrogen and oxygen atoms in total. The van der Waals surface area contributed by atoms with Gasteiger partial charge < -0.3 is 11.1 Å². The topological polar surface area (TPSA) is 68.0 Å². The van der Waals surface area contributed by atoms with Crippen molar-refractivity contribution < 1.29 is 4.79 Å². The van der Waals surface area contributed by atoms with Crippen LogP contribution in [0.2, 0.25) is 0 Å². The Morgan fingerprint density at radius 1 is 1.45 bits per heavy atom. The van der Waals surface area contributed by atoms with Crippen molar-refractivity contribution in [3.05, 3.63) is 43.1 Å². The zero-order chi connectivity index (χ0) is 14.5. The van der Waals surface area contributed by atoms with Gasteiger partial charge in [-0.15, -0.1) is 11.3 Å². The molecule has 102 valence electrons. The molecule has 2 aromatic rings. The van der Waals surface area contributed by atoms with Crippen LogP contribution < -0.4 is 11.1 Å². The Hall–Kier alpha value is -1.20. The molecule has 7 heteroatoms. The van der Waals surface area contributed by atoms with Crippen LogP contribution in [-0.2, 0) is 0 Å². The SMILES string of the molecule is NCC#Cc1cccc(NC(=O)c2cc(Br)sc2Br)n1. The molecule has 0 aliphatic carbocycles. The largest absolute Gasteiger partial charge is 0.320 e. The predicted octanol–water partition coefficient (Wildman–Crippen LogP) is 3.23. The van der Waals surface area contributed by atoms with Crippen molar-refractivity contribution in [1.82, 2.24) is 4.98 Å². The van der Waals surface area contributed by atoms with Crippen molar-refractivity contribution in [1.29, 1.82) is 0 Å². The molecular formula is C13H9Br2N3OS. The second-order valence-corrected chi connectivity index (χ2v) is 7.36.